The molecule has 1 atom stereocenters. The van der Waals surface area contributed by atoms with Gasteiger partial charge < -0.3 is 9.15 Å². The number of ether oxygens (including phenoxy) is 1. The summed E-state index contributed by atoms with van der Waals surface area (Å²) in [5.74, 6) is -0.996. The zero-order chi connectivity index (χ0) is 17.1. The van der Waals surface area contributed by atoms with Gasteiger partial charge in [0.25, 0.3) is 5.89 Å². The van der Waals surface area contributed by atoms with Gasteiger partial charge in [-0.25, -0.2) is 14.6 Å². The third kappa shape index (κ3) is 3.45. The van der Waals surface area contributed by atoms with Gasteiger partial charge in [-0.05, 0) is 31.2 Å². The summed E-state index contributed by atoms with van der Waals surface area (Å²) in [6, 6.07) is 5.56. The van der Waals surface area contributed by atoms with Crippen LogP contribution in [0.1, 0.15) is 31.8 Å². The molecule has 0 spiro atoms. The number of halogens is 1. The third-order valence-electron chi connectivity index (χ3n) is 3.30. The van der Waals surface area contributed by atoms with Gasteiger partial charge in [0.15, 0.2) is 6.10 Å². The summed E-state index contributed by atoms with van der Waals surface area (Å²) in [7, 11) is 0. The molecule has 2 heterocycles. The fraction of sp³-hybridized carbons (Fsp3) is 0.267. The van der Waals surface area contributed by atoms with Crippen LogP contribution in [0.3, 0.4) is 0 Å². The summed E-state index contributed by atoms with van der Waals surface area (Å²) in [6.45, 7) is 1.57. The number of carbonyl (C=O) groups is 2. The van der Waals surface area contributed by atoms with Crippen LogP contribution in [-0.2, 0) is 14.3 Å². The third-order valence-corrected chi connectivity index (χ3v) is 3.30. The Morgan fingerprint density at radius 2 is 2.04 bits per heavy atom. The maximum absolute atomic E-state index is 12.9. The number of esters is 1. The highest BCUT2D eigenvalue weighted by atomic mass is 19.1. The van der Waals surface area contributed by atoms with E-state index in [1.807, 2.05) is 0 Å². The van der Waals surface area contributed by atoms with E-state index in [-0.39, 0.29) is 42.1 Å². The summed E-state index contributed by atoms with van der Waals surface area (Å²) in [6.07, 6.45) is -0.404. The van der Waals surface area contributed by atoms with Crippen molar-refractivity contribution in [2.24, 2.45) is 5.10 Å². The molecule has 0 saturated heterocycles. The van der Waals surface area contributed by atoms with E-state index in [2.05, 4.69) is 20.7 Å². The molecule has 1 aromatic heterocycles. The van der Waals surface area contributed by atoms with Gasteiger partial charge in [-0.1, -0.05) is 0 Å². The molecule has 124 valence electrons. The Hall–Kier alpha value is -3.10. The monoisotopic (exact) mass is 332 g/mol. The van der Waals surface area contributed by atoms with Crippen molar-refractivity contribution in [2.75, 3.05) is 0 Å². The second-order valence-electron chi connectivity index (χ2n) is 5.09. The Labute approximate surface area is 135 Å². The molecule has 0 saturated carbocycles. The molecule has 2 aromatic rings. The first-order valence-electron chi connectivity index (χ1n) is 7.18. The molecule has 3 rings (SSSR count). The fourth-order valence-corrected chi connectivity index (χ4v) is 2.01. The van der Waals surface area contributed by atoms with E-state index in [9.17, 15) is 14.0 Å². The Morgan fingerprint density at radius 3 is 2.71 bits per heavy atom. The van der Waals surface area contributed by atoms with Crippen LogP contribution in [0.2, 0.25) is 0 Å². The SMILES string of the molecule is C[C@H](OC(=O)C1=NNC(=O)CC1)c1nnc(-c2ccc(F)cc2)o1. The highest BCUT2D eigenvalue weighted by molar-refractivity contribution is 6.37. The van der Waals surface area contributed by atoms with Crippen molar-refractivity contribution < 1.29 is 23.1 Å². The van der Waals surface area contributed by atoms with E-state index in [1.54, 1.807) is 6.92 Å². The summed E-state index contributed by atoms with van der Waals surface area (Å²) < 4.78 is 23.6. The van der Waals surface area contributed by atoms with Crippen LogP contribution in [0, 0.1) is 5.82 Å². The molecule has 9 heteroatoms. The number of amides is 1. The van der Waals surface area contributed by atoms with Crippen molar-refractivity contribution in [2.45, 2.75) is 25.9 Å². The predicted molar refractivity (Wildman–Crippen MR) is 79.0 cm³/mol. The van der Waals surface area contributed by atoms with Crippen molar-refractivity contribution in [1.82, 2.24) is 15.6 Å². The Kier molecular flexibility index (Phi) is 4.32. The second-order valence-corrected chi connectivity index (χ2v) is 5.09. The van der Waals surface area contributed by atoms with Crippen molar-refractivity contribution in [3.05, 3.63) is 36.0 Å². The van der Waals surface area contributed by atoms with Crippen molar-refractivity contribution >= 4 is 17.6 Å². The van der Waals surface area contributed by atoms with Gasteiger partial charge in [-0.2, -0.15) is 5.10 Å². The predicted octanol–water partition coefficient (Wildman–Crippen LogP) is 1.75. The summed E-state index contributed by atoms with van der Waals surface area (Å²) >= 11 is 0. The first-order chi connectivity index (χ1) is 11.5. The molecule has 8 nitrogen and oxygen atoms in total. The topological polar surface area (TPSA) is 107 Å². The highest BCUT2D eigenvalue weighted by Crippen LogP contribution is 2.22. The van der Waals surface area contributed by atoms with Gasteiger partial charge >= 0.3 is 5.97 Å². The Morgan fingerprint density at radius 1 is 1.29 bits per heavy atom. The molecule has 0 unspecified atom stereocenters. The number of carbonyl (C=O) groups excluding carboxylic acids is 2. The smallest absolute Gasteiger partial charge is 0.355 e. The van der Waals surface area contributed by atoms with Crippen molar-refractivity contribution in [3.63, 3.8) is 0 Å². The molecular formula is C15H13FN4O4. The lowest BCUT2D eigenvalue weighted by Crippen LogP contribution is -2.31. The van der Waals surface area contributed by atoms with E-state index >= 15 is 0 Å². The summed E-state index contributed by atoms with van der Waals surface area (Å²) in [5, 5.41) is 11.3. The molecule has 0 aliphatic carbocycles. The summed E-state index contributed by atoms with van der Waals surface area (Å²) in [5.41, 5.74) is 2.90. The Balaban J connectivity index is 1.67. The number of hydrogen-bond acceptors (Lipinski definition) is 7. The minimum Gasteiger partial charge on any atom is -0.448 e. The van der Waals surface area contributed by atoms with Gasteiger partial charge in [-0.15, -0.1) is 10.2 Å². The summed E-state index contributed by atoms with van der Waals surface area (Å²) in [4.78, 5) is 23.0. The average molecular weight is 332 g/mol. The first kappa shape index (κ1) is 15.8. The second kappa shape index (κ2) is 6.57. The van der Waals surface area contributed by atoms with Gasteiger partial charge in [0.1, 0.15) is 11.5 Å². The minimum absolute atomic E-state index is 0.100. The number of hydrazone groups is 1. The van der Waals surface area contributed by atoms with Gasteiger partial charge in [-0.3, -0.25) is 4.79 Å². The van der Waals surface area contributed by atoms with Crippen molar-refractivity contribution in [1.29, 1.82) is 0 Å². The maximum atomic E-state index is 12.9. The number of hydrogen-bond donors (Lipinski definition) is 1. The quantitative estimate of drug-likeness (QED) is 0.855. The lowest BCUT2D eigenvalue weighted by atomic mass is 10.2. The van der Waals surface area contributed by atoms with Crippen LogP contribution in [0.4, 0.5) is 4.39 Å². The molecule has 1 aliphatic rings. The Bertz CT molecular complexity index is 800. The number of rotatable bonds is 4. The molecule has 1 N–H and O–H groups in total. The number of aromatic nitrogens is 2. The van der Waals surface area contributed by atoms with Gasteiger partial charge in [0, 0.05) is 18.4 Å². The minimum atomic E-state index is -0.792. The molecule has 1 aliphatic heterocycles. The largest absolute Gasteiger partial charge is 0.448 e. The molecule has 0 radical (unpaired) electrons. The number of nitrogens with one attached hydrogen (secondary N) is 1. The zero-order valence-electron chi connectivity index (χ0n) is 12.7. The maximum Gasteiger partial charge on any atom is 0.355 e. The van der Waals surface area contributed by atoms with Crippen LogP contribution in [0.25, 0.3) is 11.5 Å². The number of nitrogens with zero attached hydrogens (tertiary/aromatic N) is 3. The van der Waals surface area contributed by atoms with E-state index < -0.39 is 12.1 Å². The van der Waals surface area contributed by atoms with E-state index in [1.165, 1.54) is 24.3 Å². The standard InChI is InChI=1S/C15H13FN4O4/c1-8(23-15(22)11-6-7-12(21)18-17-11)13-19-20-14(24-13)9-2-4-10(16)5-3-9/h2-5,8H,6-7H2,1H3,(H,18,21)/t8-/m0/s1. The normalized spacial score (nSPS) is 15.4. The number of benzene rings is 1. The van der Waals surface area contributed by atoms with Crippen molar-refractivity contribution in [3.8, 4) is 11.5 Å². The molecule has 0 fully saturated rings. The molecule has 1 amide bonds. The fourth-order valence-electron chi connectivity index (χ4n) is 2.01. The van der Waals surface area contributed by atoms with Crippen LogP contribution < -0.4 is 5.43 Å². The van der Waals surface area contributed by atoms with Gasteiger partial charge in [0.05, 0.1) is 0 Å². The van der Waals surface area contributed by atoms with E-state index in [4.69, 9.17) is 9.15 Å². The lowest BCUT2D eigenvalue weighted by molar-refractivity contribution is -0.141. The van der Waals surface area contributed by atoms with Gasteiger partial charge in [0.2, 0.25) is 11.8 Å². The molecule has 0 bridgehead atoms. The average Bonchev–Trinajstić information content (AvgIpc) is 3.06. The van der Waals surface area contributed by atoms with E-state index in [0.717, 1.165) is 0 Å². The first-order valence-corrected chi connectivity index (χ1v) is 7.18. The highest BCUT2D eigenvalue weighted by Gasteiger charge is 2.24. The van der Waals surface area contributed by atoms with Crippen LogP contribution >= 0.6 is 0 Å². The molecule has 1 aromatic carbocycles. The van der Waals surface area contributed by atoms with Crippen LogP contribution in [0.15, 0.2) is 33.8 Å². The van der Waals surface area contributed by atoms with Crippen LogP contribution in [-0.4, -0.2) is 27.8 Å². The molecule has 24 heavy (non-hydrogen) atoms. The molecular weight excluding hydrogens is 319 g/mol. The lowest BCUT2D eigenvalue weighted by Gasteiger charge is -2.13. The van der Waals surface area contributed by atoms with Crippen LogP contribution in [0.5, 0.6) is 0 Å². The van der Waals surface area contributed by atoms with E-state index in [0.29, 0.717) is 5.56 Å². The zero-order valence-corrected chi connectivity index (χ0v) is 12.7.